The topological polar surface area (TPSA) is 12.0 Å². The monoisotopic (exact) mass is 265 g/mol. The molecule has 0 aromatic heterocycles. The van der Waals surface area contributed by atoms with Crippen LogP contribution in [0, 0.1) is 6.92 Å². The van der Waals surface area contributed by atoms with Crippen LogP contribution < -0.4 is 5.32 Å². The van der Waals surface area contributed by atoms with E-state index < -0.39 is 0 Å². The highest BCUT2D eigenvalue weighted by Gasteiger charge is 2.41. The van der Waals surface area contributed by atoms with Gasteiger partial charge in [-0.2, -0.15) is 0 Å². The third-order valence-electron chi connectivity index (χ3n) is 4.45. The second-order valence-corrected chi connectivity index (χ2v) is 6.93. The molecule has 1 unspecified atom stereocenters. The minimum absolute atomic E-state index is 0.0668. The lowest BCUT2D eigenvalue weighted by molar-refractivity contribution is 0.378. The van der Waals surface area contributed by atoms with Gasteiger partial charge >= 0.3 is 0 Å². The smallest absolute Gasteiger partial charge is 0.0386 e. The number of hydrogen-bond acceptors (Lipinski definition) is 1. The molecule has 2 aromatic carbocycles. The molecule has 1 nitrogen and oxygen atoms in total. The molecule has 1 aliphatic rings. The molecule has 0 saturated heterocycles. The molecule has 1 heteroatoms. The molecule has 1 heterocycles. The number of aryl methyl sites for hydroxylation is 1. The summed E-state index contributed by atoms with van der Waals surface area (Å²) in [7, 11) is 0. The highest BCUT2D eigenvalue weighted by Crippen LogP contribution is 2.47. The van der Waals surface area contributed by atoms with Gasteiger partial charge in [0.25, 0.3) is 0 Å². The predicted octanol–water partition coefficient (Wildman–Crippen LogP) is 4.90. The Morgan fingerprint density at radius 2 is 1.65 bits per heavy atom. The Hall–Kier alpha value is -1.76. The molecule has 0 bridgehead atoms. The van der Waals surface area contributed by atoms with Crippen LogP contribution in [0.1, 0.15) is 43.9 Å². The Bertz CT molecular complexity index is 627. The second-order valence-electron chi connectivity index (χ2n) is 6.93. The highest BCUT2D eigenvalue weighted by atomic mass is 15.0. The van der Waals surface area contributed by atoms with E-state index in [-0.39, 0.29) is 11.0 Å². The summed E-state index contributed by atoms with van der Waals surface area (Å²) >= 11 is 0. The number of hydrogen-bond donors (Lipinski definition) is 1. The van der Waals surface area contributed by atoms with Gasteiger partial charge in [-0.25, -0.2) is 0 Å². The van der Waals surface area contributed by atoms with Crippen LogP contribution in [-0.4, -0.2) is 5.54 Å². The van der Waals surface area contributed by atoms with Crippen LogP contribution in [0.2, 0.25) is 0 Å². The van der Waals surface area contributed by atoms with Crippen LogP contribution in [0.5, 0.6) is 0 Å². The molecule has 104 valence electrons. The van der Waals surface area contributed by atoms with E-state index in [1.54, 1.807) is 0 Å². The first-order chi connectivity index (χ1) is 9.41. The molecule has 0 aliphatic carbocycles. The molecule has 0 radical (unpaired) electrons. The van der Waals surface area contributed by atoms with Gasteiger partial charge in [-0.3, -0.25) is 0 Å². The summed E-state index contributed by atoms with van der Waals surface area (Å²) in [5, 5.41) is 3.69. The van der Waals surface area contributed by atoms with Crippen molar-refractivity contribution >= 4 is 5.69 Å². The summed E-state index contributed by atoms with van der Waals surface area (Å²) < 4.78 is 0. The van der Waals surface area contributed by atoms with Gasteiger partial charge in [0.15, 0.2) is 0 Å². The lowest BCUT2D eigenvalue weighted by Gasteiger charge is -2.46. The molecule has 0 saturated carbocycles. The maximum atomic E-state index is 3.69. The first kappa shape index (κ1) is 13.2. The van der Waals surface area contributed by atoms with Gasteiger partial charge in [0.05, 0.1) is 0 Å². The summed E-state index contributed by atoms with van der Waals surface area (Å²) in [6, 6.07) is 17.7. The average Bonchev–Trinajstić information content (AvgIpc) is 2.40. The average molecular weight is 265 g/mol. The van der Waals surface area contributed by atoms with Gasteiger partial charge in [-0.05, 0) is 44.4 Å². The van der Waals surface area contributed by atoms with Crippen molar-refractivity contribution in [3.8, 4) is 0 Å². The van der Waals surface area contributed by atoms with Crippen molar-refractivity contribution in [3.05, 3.63) is 65.2 Å². The first-order valence-electron chi connectivity index (χ1n) is 7.36. The summed E-state index contributed by atoms with van der Waals surface area (Å²) in [6.07, 6.45) is 1.10. The van der Waals surface area contributed by atoms with Crippen LogP contribution in [0.4, 0.5) is 5.69 Å². The fourth-order valence-corrected chi connectivity index (χ4v) is 3.68. The summed E-state index contributed by atoms with van der Waals surface area (Å²) in [6.45, 7) is 9.13. The molecular formula is C19H23N. The zero-order valence-corrected chi connectivity index (χ0v) is 12.8. The van der Waals surface area contributed by atoms with Crippen molar-refractivity contribution in [2.75, 3.05) is 5.32 Å². The maximum absolute atomic E-state index is 3.69. The SMILES string of the molecule is Cc1ccc2c(c1)C(C)(c1ccccc1)CC(C)(C)N2. The van der Waals surface area contributed by atoms with E-state index in [9.17, 15) is 0 Å². The molecule has 1 aliphatic heterocycles. The fourth-order valence-electron chi connectivity index (χ4n) is 3.68. The Morgan fingerprint density at radius 3 is 2.35 bits per heavy atom. The van der Waals surface area contributed by atoms with Gasteiger partial charge in [0.2, 0.25) is 0 Å². The number of nitrogens with one attached hydrogen (secondary N) is 1. The third-order valence-corrected chi connectivity index (χ3v) is 4.45. The van der Waals surface area contributed by atoms with Crippen molar-refractivity contribution in [2.45, 2.75) is 45.1 Å². The number of rotatable bonds is 1. The van der Waals surface area contributed by atoms with E-state index in [0.717, 1.165) is 6.42 Å². The van der Waals surface area contributed by atoms with Gasteiger partial charge in [-0.1, -0.05) is 55.0 Å². The quantitative estimate of drug-likeness (QED) is 0.773. The standard InChI is InChI=1S/C19H23N/c1-14-10-11-17-16(12-14)19(4,13-18(2,3)20-17)15-8-6-5-7-9-15/h5-12,20H,13H2,1-4H3. The Labute approximate surface area is 122 Å². The predicted molar refractivity (Wildman–Crippen MR) is 86.4 cm³/mol. The highest BCUT2D eigenvalue weighted by molar-refractivity contribution is 5.63. The van der Waals surface area contributed by atoms with Crippen LogP contribution in [0.25, 0.3) is 0 Å². The normalized spacial score (nSPS) is 23.8. The molecule has 2 aromatic rings. The van der Waals surface area contributed by atoms with Crippen molar-refractivity contribution in [1.29, 1.82) is 0 Å². The van der Waals surface area contributed by atoms with Crippen molar-refractivity contribution in [3.63, 3.8) is 0 Å². The number of fused-ring (bicyclic) bond motifs is 1. The molecule has 1 atom stereocenters. The van der Waals surface area contributed by atoms with Gasteiger partial charge in [-0.15, -0.1) is 0 Å². The van der Waals surface area contributed by atoms with E-state index >= 15 is 0 Å². The van der Waals surface area contributed by atoms with Crippen LogP contribution in [0.15, 0.2) is 48.5 Å². The van der Waals surface area contributed by atoms with Crippen LogP contribution >= 0.6 is 0 Å². The van der Waals surface area contributed by atoms with Crippen molar-refractivity contribution < 1.29 is 0 Å². The minimum atomic E-state index is 0.0668. The van der Waals surface area contributed by atoms with E-state index in [4.69, 9.17) is 0 Å². The molecule has 1 N–H and O–H groups in total. The first-order valence-corrected chi connectivity index (χ1v) is 7.36. The Balaban J connectivity index is 2.23. The maximum Gasteiger partial charge on any atom is 0.0386 e. The zero-order valence-electron chi connectivity index (χ0n) is 12.8. The fraction of sp³-hybridized carbons (Fsp3) is 0.368. The largest absolute Gasteiger partial charge is 0.380 e. The molecule has 0 fully saturated rings. The van der Waals surface area contributed by atoms with Gasteiger partial charge < -0.3 is 5.32 Å². The number of anilines is 1. The zero-order chi connectivity index (χ0) is 14.4. The number of benzene rings is 2. The molecule has 3 rings (SSSR count). The summed E-state index contributed by atoms with van der Waals surface area (Å²) in [5.74, 6) is 0. The lowest BCUT2D eigenvalue weighted by Crippen LogP contribution is -2.45. The lowest BCUT2D eigenvalue weighted by atomic mass is 9.66. The summed E-state index contributed by atoms with van der Waals surface area (Å²) in [4.78, 5) is 0. The van der Waals surface area contributed by atoms with E-state index in [1.165, 1.54) is 22.4 Å². The second kappa shape index (κ2) is 4.37. The van der Waals surface area contributed by atoms with Crippen molar-refractivity contribution in [1.82, 2.24) is 0 Å². The van der Waals surface area contributed by atoms with E-state index in [2.05, 4.69) is 81.5 Å². The summed E-state index contributed by atoms with van der Waals surface area (Å²) in [5.41, 5.74) is 5.60. The third kappa shape index (κ3) is 2.11. The molecule has 20 heavy (non-hydrogen) atoms. The van der Waals surface area contributed by atoms with Gasteiger partial charge in [0.1, 0.15) is 0 Å². The van der Waals surface area contributed by atoms with E-state index in [1.807, 2.05) is 0 Å². The van der Waals surface area contributed by atoms with E-state index in [0.29, 0.717) is 0 Å². The molecule has 0 amide bonds. The van der Waals surface area contributed by atoms with Crippen molar-refractivity contribution in [2.24, 2.45) is 0 Å². The van der Waals surface area contributed by atoms with Gasteiger partial charge in [0, 0.05) is 16.6 Å². The van der Waals surface area contributed by atoms with Crippen LogP contribution in [-0.2, 0) is 5.41 Å². The Morgan fingerprint density at radius 1 is 0.950 bits per heavy atom. The molecular weight excluding hydrogens is 242 g/mol. The molecule has 0 spiro atoms. The van der Waals surface area contributed by atoms with Crippen LogP contribution in [0.3, 0.4) is 0 Å². The minimum Gasteiger partial charge on any atom is -0.380 e. The Kier molecular flexibility index (Phi) is 2.89.